The minimum atomic E-state index is -1.61. The second kappa shape index (κ2) is 3.56. The molecule has 0 aliphatic rings. The van der Waals surface area contributed by atoms with Gasteiger partial charge in [0.05, 0.1) is 5.97 Å². The van der Waals surface area contributed by atoms with Crippen molar-refractivity contribution in [1.29, 1.82) is 0 Å². The molecule has 0 saturated heterocycles. The van der Waals surface area contributed by atoms with Crippen LogP contribution in [0.25, 0.3) is 0 Å². The summed E-state index contributed by atoms with van der Waals surface area (Å²) in [5.74, 6) is -1.53. The van der Waals surface area contributed by atoms with Crippen LogP contribution in [-0.4, -0.2) is 11.1 Å². The molecular weight excluding hydrogens is 180 g/mol. The molecule has 0 saturated carbocycles. The Morgan fingerprint density at radius 2 is 2.25 bits per heavy atom. The molecule has 0 bridgehead atoms. The number of halogens is 1. The molecule has 1 N–H and O–H groups in total. The van der Waals surface area contributed by atoms with E-state index in [0.29, 0.717) is 5.02 Å². The molecule has 0 unspecified atom stereocenters. The summed E-state index contributed by atoms with van der Waals surface area (Å²) in [6.07, 6.45) is -1.61. The molecule has 0 heterocycles. The molecule has 1 rings (SSSR count). The van der Waals surface area contributed by atoms with Crippen LogP contribution in [0.1, 0.15) is 11.7 Å². The topological polar surface area (TPSA) is 60.4 Å². The normalized spacial score (nSPS) is 12.5. The first kappa shape index (κ1) is 9.03. The summed E-state index contributed by atoms with van der Waals surface area (Å²) in [7, 11) is 0. The Balaban J connectivity index is 2.95. The lowest BCUT2D eigenvalue weighted by Crippen LogP contribution is -2.29. The van der Waals surface area contributed by atoms with Gasteiger partial charge in [-0.25, -0.2) is 0 Å². The molecule has 1 aromatic carbocycles. The maximum absolute atomic E-state index is 10.2. The molecule has 1 aromatic rings. The third kappa shape index (κ3) is 1.96. The summed E-state index contributed by atoms with van der Waals surface area (Å²) in [4.78, 5) is 10.2. The van der Waals surface area contributed by atoms with Crippen LogP contribution in [0, 0.1) is 0 Å². The molecule has 0 aliphatic heterocycles. The number of aliphatic carboxylic acids is 1. The van der Waals surface area contributed by atoms with Crippen LogP contribution in [0.4, 0.5) is 0 Å². The van der Waals surface area contributed by atoms with Crippen molar-refractivity contribution >= 4 is 17.6 Å². The quantitative estimate of drug-likeness (QED) is 0.712. The molecule has 0 aliphatic carbocycles. The minimum Gasteiger partial charge on any atom is -0.547 e. The number of carboxylic acids is 1. The third-order valence-corrected chi connectivity index (χ3v) is 1.62. The summed E-state index contributed by atoms with van der Waals surface area (Å²) in [5, 5.41) is 19.6. The van der Waals surface area contributed by atoms with Crippen molar-refractivity contribution in [3.05, 3.63) is 34.9 Å². The van der Waals surface area contributed by atoms with Crippen molar-refractivity contribution in [1.82, 2.24) is 0 Å². The van der Waals surface area contributed by atoms with Crippen LogP contribution < -0.4 is 5.11 Å². The van der Waals surface area contributed by atoms with E-state index in [9.17, 15) is 9.90 Å². The van der Waals surface area contributed by atoms with Crippen LogP contribution in [-0.2, 0) is 4.79 Å². The van der Waals surface area contributed by atoms with E-state index >= 15 is 0 Å². The maximum Gasteiger partial charge on any atom is 0.118 e. The molecule has 0 amide bonds. The molecule has 0 fully saturated rings. The number of rotatable bonds is 2. The Labute approximate surface area is 74.2 Å². The van der Waals surface area contributed by atoms with Gasteiger partial charge in [0.2, 0.25) is 0 Å². The Hall–Kier alpha value is -1.06. The van der Waals surface area contributed by atoms with E-state index < -0.39 is 12.1 Å². The Morgan fingerprint density at radius 3 is 2.75 bits per heavy atom. The highest BCUT2D eigenvalue weighted by atomic mass is 35.5. The van der Waals surface area contributed by atoms with E-state index in [2.05, 4.69) is 0 Å². The van der Waals surface area contributed by atoms with Gasteiger partial charge < -0.3 is 15.0 Å². The van der Waals surface area contributed by atoms with Crippen LogP contribution in [0.3, 0.4) is 0 Å². The number of hydrogen-bond donors (Lipinski definition) is 1. The van der Waals surface area contributed by atoms with E-state index in [1.54, 1.807) is 12.1 Å². The van der Waals surface area contributed by atoms with E-state index in [-0.39, 0.29) is 5.56 Å². The SMILES string of the molecule is O=C([O-])[C@@H](O)c1cccc(Cl)c1. The molecule has 12 heavy (non-hydrogen) atoms. The zero-order valence-electron chi connectivity index (χ0n) is 6.03. The third-order valence-electron chi connectivity index (χ3n) is 1.39. The fourth-order valence-corrected chi connectivity index (χ4v) is 1.01. The fourth-order valence-electron chi connectivity index (χ4n) is 0.813. The average molecular weight is 186 g/mol. The van der Waals surface area contributed by atoms with E-state index in [1.165, 1.54) is 12.1 Å². The molecule has 64 valence electrons. The smallest absolute Gasteiger partial charge is 0.118 e. The molecule has 4 heteroatoms. The first-order chi connectivity index (χ1) is 5.61. The molecule has 0 aromatic heterocycles. The highest BCUT2D eigenvalue weighted by molar-refractivity contribution is 6.30. The Morgan fingerprint density at radius 1 is 1.58 bits per heavy atom. The van der Waals surface area contributed by atoms with Gasteiger partial charge in [0.1, 0.15) is 6.10 Å². The van der Waals surface area contributed by atoms with Gasteiger partial charge in [0.25, 0.3) is 0 Å². The van der Waals surface area contributed by atoms with Crippen molar-refractivity contribution in [2.75, 3.05) is 0 Å². The number of aliphatic hydroxyl groups excluding tert-OH is 1. The van der Waals surface area contributed by atoms with Crippen LogP contribution in [0.15, 0.2) is 24.3 Å². The summed E-state index contributed by atoms with van der Waals surface area (Å²) in [5.41, 5.74) is 0.225. The number of carbonyl (C=O) groups is 1. The predicted octanol–water partition coefficient (Wildman–Crippen LogP) is 0.123. The summed E-state index contributed by atoms with van der Waals surface area (Å²) in [6, 6.07) is 5.99. The first-order valence-corrected chi connectivity index (χ1v) is 3.63. The lowest BCUT2D eigenvalue weighted by atomic mass is 10.1. The zero-order chi connectivity index (χ0) is 9.14. The predicted molar refractivity (Wildman–Crippen MR) is 41.4 cm³/mol. The van der Waals surface area contributed by atoms with Gasteiger partial charge in [0, 0.05) is 5.02 Å². The number of aliphatic hydroxyl groups is 1. The number of benzene rings is 1. The largest absolute Gasteiger partial charge is 0.547 e. The lowest BCUT2D eigenvalue weighted by Gasteiger charge is -2.11. The minimum absolute atomic E-state index is 0.225. The highest BCUT2D eigenvalue weighted by Gasteiger charge is 2.07. The molecule has 1 atom stereocenters. The molecule has 0 spiro atoms. The second-order valence-electron chi connectivity index (χ2n) is 2.28. The summed E-state index contributed by atoms with van der Waals surface area (Å²) in [6.45, 7) is 0. The monoisotopic (exact) mass is 185 g/mol. The summed E-state index contributed by atoms with van der Waals surface area (Å²) >= 11 is 5.57. The van der Waals surface area contributed by atoms with Crippen LogP contribution in [0.5, 0.6) is 0 Å². The standard InChI is InChI=1S/C8H7ClO3/c9-6-3-1-2-5(4-6)7(10)8(11)12/h1-4,7,10H,(H,11,12)/p-1/t7-/m0/s1. The van der Waals surface area contributed by atoms with Gasteiger partial charge in [-0.05, 0) is 17.7 Å². The zero-order valence-corrected chi connectivity index (χ0v) is 6.78. The van der Waals surface area contributed by atoms with Gasteiger partial charge in [-0.1, -0.05) is 23.7 Å². The van der Waals surface area contributed by atoms with Crippen molar-refractivity contribution in [3.8, 4) is 0 Å². The number of carboxylic acid groups (broad SMARTS) is 1. The van der Waals surface area contributed by atoms with Crippen LogP contribution >= 0.6 is 11.6 Å². The highest BCUT2D eigenvalue weighted by Crippen LogP contribution is 2.16. The van der Waals surface area contributed by atoms with Gasteiger partial charge >= 0.3 is 0 Å². The Kier molecular flexibility index (Phi) is 2.68. The van der Waals surface area contributed by atoms with Gasteiger partial charge in [0.15, 0.2) is 0 Å². The maximum atomic E-state index is 10.2. The average Bonchev–Trinajstić information content (AvgIpc) is 2.03. The molecule has 3 nitrogen and oxygen atoms in total. The van der Waals surface area contributed by atoms with Gasteiger partial charge in [-0.15, -0.1) is 0 Å². The van der Waals surface area contributed by atoms with E-state index in [4.69, 9.17) is 16.7 Å². The van der Waals surface area contributed by atoms with Crippen molar-refractivity contribution < 1.29 is 15.0 Å². The van der Waals surface area contributed by atoms with Crippen molar-refractivity contribution in [2.24, 2.45) is 0 Å². The Bertz CT molecular complexity index is 298. The van der Waals surface area contributed by atoms with Crippen LogP contribution in [0.2, 0.25) is 5.02 Å². The van der Waals surface area contributed by atoms with Crippen molar-refractivity contribution in [2.45, 2.75) is 6.10 Å². The molecule has 0 radical (unpaired) electrons. The van der Waals surface area contributed by atoms with Gasteiger partial charge in [-0.2, -0.15) is 0 Å². The summed E-state index contributed by atoms with van der Waals surface area (Å²) < 4.78 is 0. The second-order valence-corrected chi connectivity index (χ2v) is 2.71. The van der Waals surface area contributed by atoms with E-state index in [1.807, 2.05) is 0 Å². The van der Waals surface area contributed by atoms with Crippen molar-refractivity contribution in [3.63, 3.8) is 0 Å². The lowest BCUT2D eigenvalue weighted by molar-refractivity contribution is -0.315. The molecular formula is C8H6ClO3-. The number of hydrogen-bond acceptors (Lipinski definition) is 3. The van der Waals surface area contributed by atoms with E-state index in [0.717, 1.165) is 0 Å². The fraction of sp³-hybridized carbons (Fsp3) is 0.125. The number of carbonyl (C=O) groups excluding carboxylic acids is 1. The van der Waals surface area contributed by atoms with Gasteiger partial charge in [-0.3, -0.25) is 0 Å². The first-order valence-electron chi connectivity index (χ1n) is 3.25.